The molecule has 0 spiro atoms. The number of ether oxygens (including phenoxy) is 1. The highest BCUT2D eigenvalue weighted by molar-refractivity contribution is 7.15. The zero-order valence-corrected chi connectivity index (χ0v) is 11.0. The van der Waals surface area contributed by atoms with Crippen molar-refractivity contribution in [1.29, 1.82) is 0 Å². The maximum atomic E-state index is 13.2. The first kappa shape index (κ1) is 13.7. The van der Waals surface area contributed by atoms with E-state index in [0.29, 0.717) is 6.07 Å². The van der Waals surface area contributed by atoms with Gasteiger partial charge in [0.2, 0.25) is 0 Å². The van der Waals surface area contributed by atoms with Crippen LogP contribution in [0.2, 0.25) is 5.02 Å². The van der Waals surface area contributed by atoms with E-state index in [4.69, 9.17) is 21.4 Å². The monoisotopic (exact) mass is 305 g/mol. The van der Waals surface area contributed by atoms with Gasteiger partial charge >= 0.3 is 5.97 Å². The van der Waals surface area contributed by atoms with Crippen molar-refractivity contribution >= 4 is 28.9 Å². The molecule has 0 fully saturated rings. The van der Waals surface area contributed by atoms with E-state index >= 15 is 0 Å². The number of carboxylic acids is 1. The summed E-state index contributed by atoms with van der Waals surface area (Å²) >= 11 is 6.36. The van der Waals surface area contributed by atoms with Gasteiger partial charge in [-0.3, -0.25) is 0 Å². The molecule has 19 heavy (non-hydrogen) atoms. The van der Waals surface area contributed by atoms with Crippen molar-refractivity contribution in [2.45, 2.75) is 6.92 Å². The van der Waals surface area contributed by atoms with Crippen molar-refractivity contribution in [3.63, 3.8) is 0 Å². The standard InChI is InChI=1S/C11H6ClF2NO3S/c1-4-9(10(16)17)19-11(15-4)18-7-3-5(13)2-6(14)8(7)12/h2-3H,1H3,(H,16,17). The zero-order chi connectivity index (χ0) is 14.2. The third kappa shape index (κ3) is 2.82. The minimum atomic E-state index is -1.15. The van der Waals surface area contributed by atoms with Crippen LogP contribution in [0.5, 0.6) is 10.9 Å². The van der Waals surface area contributed by atoms with Crippen LogP contribution < -0.4 is 4.74 Å². The summed E-state index contributed by atoms with van der Waals surface area (Å²) in [7, 11) is 0. The second-order valence-corrected chi connectivity index (χ2v) is 4.84. The normalized spacial score (nSPS) is 10.5. The minimum absolute atomic E-state index is 0.0111. The first-order valence-electron chi connectivity index (χ1n) is 4.91. The molecule has 4 nitrogen and oxygen atoms in total. The number of carbonyl (C=O) groups is 1. The molecule has 2 aromatic rings. The number of aromatic nitrogens is 1. The second-order valence-electron chi connectivity index (χ2n) is 3.50. The quantitative estimate of drug-likeness (QED) is 0.874. The fraction of sp³-hybridized carbons (Fsp3) is 0.0909. The molecular formula is C11H6ClF2NO3S. The number of halogens is 3. The summed E-state index contributed by atoms with van der Waals surface area (Å²) in [6.07, 6.45) is 0. The maximum absolute atomic E-state index is 13.2. The van der Waals surface area contributed by atoms with Gasteiger partial charge in [-0.2, -0.15) is 0 Å². The topological polar surface area (TPSA) is 59.4 Å². The lowest BCUT2D eigenvalue weighted by atomic mass is 10.3. The molecule has 1 N–H and O–H groups in total. The number of hydrogen-bond donors (Lipinski definition) is 1. The minimum Gasteiger partial charge on any atom is -0.477 e. The zero-order valence-electron chi connectivity index (χ0n) is 9.41. The fourth-order valence-electron chi connectivity index (χ4n) is 1.31. The lowest BCUT2D eigenvalue weighted by Crippen LogP contribution is -1.94. The van der Waals surface area contributed by atoms with Crippen molar-refractivity contribution in [3.8, 4) is 10.9 Å². The van der Waals surface area contributed by atoms with Crippen LogP contribution in [-0.2, 0) is 0 Å². The molecule has 0 amide bonds. The molecule has 0 aliphatic rings. The smallest absolute Gasteiger partial charge is 0.347 e. The average Bonchev–Trinajstić information content (AvgIpc) is 2.66. The number of rotatable bonds is 3. The molecule has 8 heteroatoms. The lowest BCUT2D eigenvalue weighted by Gasteiger charge is -2.04. The first-order chi connectivity index (χ1) is 8.88. The van der Waals surface area contributed by atoms with Crippen molar-refractivity contribution in [3.05, 3.63) is 39.4 Å². The number of carboxylic acid groups (broad SMARTS) is 1. The maximum Gasteiger partial charge on any atom is 0.347 e. The molecule has 0 bridgehead atoms. The highest BCUT2D eigenvalue weighted by atomic mass is 35.5. The molecule has 1 aromatic heterocycles. The van der Waals surface area contributed by atoms with Crippen LogP contribution in [0, 0.1) is 18.6 Å². The van der Waals surface area contributed by atoms with Crippen molar-refractivity contribution in [2.24, 2.45) is 0 Å². The Labute approximate surface area is 115 Å². The number of hydrogen-bond acceptors (Lipinski definition) is 4. The molecule has 0 saturated carbocycles. The third-order valence-electron chi connectivity index (χ3n) is 2.13. The van der Waals surface area contributed by atoms with Gasteiger partial charge in [0, 0.05) is 12.1 Å². The van der Waals surface area contributed by atoms with Gasteiger partial charge in [-0.1, -0.05) is 22.9 Å². The Bertz CT molecular complexity index is 660. The van der Waals surface area contributed by atoms with E-state index in [-0.39, 0.29) is 21.5 Å². The predicted octanol–water partition coefficient (Wildman–Crippen LogP) is 3.87. The summed E-state index contributed by atoms with van der Waals surface area (Å²) in [6.45, 7) is 1.49. The van der Waals surface area contributed by atoms with E-state index in [1.807, 2.05) is 0 Å². The van der Waals surface area contributed by atoms with Gasteiger partial charge in [-0.25, -0.2) is 18.6 Å². The van der Waals surface area contributed by atoms with E-state index in [1.54, 1.807) is 0 Å². The number of benzene rings is 1. The number of nitrogens with zero attached hydrogens (tertiary/aromatic N) is 1. The van der Waals surface area contributed by atoms with Crippen LogP contribution in [0.15, 0.2) is 12.1 Å². The lowest BCUT2D eigenvalue weighted by molar-refractivity contribution is 0.0701. The van der Waals surface area contributed by atoms with Crippen LogP contribution in [0.4, 0.5) is 8.78 Å². The average molecular weight is 306 g/mol. The molecule has 1 heterocycles. The fourth-order valence-corrected chi connectivity index (χ4v) is 2.23. The van der Waals surface area contributed by atoms with Gasteiger partial charge in [0.15, 0.2) is 5.75 Å². The summed E-state index contributed by atoms with van der Waals surface area (Å²) in [5.41, 5.74) is 0.250. The second kappa shape index (κ2) is 5.10. The molecule has 0 unspecified atom stereocenters. The number of aromatic carboxylic acids is 1. The van der Waals surface area contributed by atoms with E-state index < -0.39 is 22.6 Å². The van der Waals surface area contributed by atoms with E-state index in [9.17, 15) is 13.6 Å². The van der Waals surface area contributed by atoms with Gasteiger partial charge in [-0.05, 0) is 6.92 Å². The van der Waals surface area contributed by atoms with Gasteiger partial charge < -0.3 is 9.84 Å². The molecule has 0 atom stereocenters. The van der Waals surface area contributed by atoms with Crippen LogP contribution in [0.3, 0.4) is 0 Å². The van der Waals surface area contributed by atoms with Crippen molar-refractivity contribution in [1.82, 2.24) is 4.98 Å². The molecule has 0 aliphatic carbocycles. The van der Waals surface area contributed by atoms with E-state index in [2.05, 4.69) is 4.98 Å². The molecule has 1 aromatic carbocycles. The number of thiazole rings is 1. The van der Waals surface area contributed by atoms with Crippen molar-refractivity contribution < 1.29 is 23.4 Å². The van der Waals surface area contributed by atoms with Gasteiger partial charge in [-0.15, -0.1) is 0 Å². The summed E-state index contributed by atoms with van der Waals surface area (Å²) < 4.78 is 31.3. The molecular weight excluding hydrogens is 300 g/mol. The SMILES string of the molecule is Cc1nc(Oc2cc(F)cc(F)c2Cl)sc1C(=O)O. The summed E-state index contributed by atoms with van der Waals surface area (Å²) in [4.78, 5) is 14.7. The van der Waals surface area contributed by atoms with Crippen LogP contribution >= 0.6 is 22.9 Å². The first-order valence-corrected chi connectivity index (χ1v) is 6.11. The largest absolute Gasteiger partial charge is 0.477 e. The Balaban J connectivity index is 2.36. The molecule has 0 aliphatic heterocycles. The number of aryl methyl sites for hydroxylation is 1. The Morgan fingerprint density at radius 2 is 2.16 bits per heavy atom. The summed E-state index contributed by atoms with van der Waals surface area (Å²) in [6, 6.07) is 1.51. The van der Waals surface area contributed by atoms with Gasteiger partial charge in [0.25, 0.3) is 5.19 Å². The van der Waals surface area contributed by atoms with Crippen molar-refractivity contribution in [2.75, 3.05) is 0 Å². The molecule has 0 saturated heterocycles. The van der Waals surface area contributed by atoms with Crippen LogP contribution in [0.1, 0.15) is 15.4 Å². The van der Waals surface area contributed by atoms with Gasteiger partial charge in [0.1, 0.15) is 21.5 Å². The van der Waals surface area contributed by atoms with Crippen LogP contribution in [-0.4, -0.2) is 16.1 Å². The summed E-state index contributed by atoms with van der Waals surface area (Å²) in [5.74, 6) is -3.24. The predicted molar refractivity (Wildman–Crippen MR) is 65.3 cm³/mol. The highest BCUT2D eigenvalue weighted by Crippen LogP contribution is 2.35. The Kier molecular flexibility index (Phi) is 3.68. The van der Waals surface area contributed by atoms with Gasteiger partial charge in [0.05, 0.1) is 5.69 Å². The summed E-state index contributed by atoms with van der Waals surface area (Å²) in [5, 5.41) is 8.41. The van der Waals surface area contributed by atoms with Crippen LogP contribution in [0.25, 0.3) is 0 Å². The molecule has 2 rings (SSSR count). The van der Waals surface area contributed by atoms with E-state index in [0.717, 1.165) is 17.4 Å². The third-order valence-corrected chi connectivity index (χ3v) is 3.52. The Hall–Kier alpha value is -1.73. The van der Waals surface area contributed by atoms with E-state index in [1.165, 1.54) is 6.92 Å². The molecule has 0 radical (unpaired) electrons. The molecule has 100 valence electrons. The highest BCUT2D eigenvalue weighted by Gasteiger charge is 2.17. The Morgan fingerprint density at radius 3 is 2.74 bits per heavy atom. The Morgan fingerprint density at radius 1 is 1.47 bits per heavy atom.